The first-order chi connectivity index (χ1) is 9.33. The smallest absolute Gasteiger partial charge is 0.417 e. The van der Waals surface area contributed by atoms with Gasteiger partial charge >= 0.3 is 17.9 Å². The lowest BCUT2D eigenvalue weighted by molar-refractivity contribution is -0.167. The lowest BCUT2D eigenvalue weighted by Crippen LogP contribution is -2.23. The standard InChI is InChI=1S/C12H16O8/c1-5(13)4-6(14)7-8(10(15)18-2)9(7)20-12(17)11(16)19-3/h6-9,14H,4H2,1-3H3/t6-,7-,8-,9-/m0/s1. The Balaban J connectivity index is 2.72. The fraction of sp³-hybridized carbons (Fsp3) is 0.667. The van der Waals surface area contributed by atoms with Crippen LogP contribution in [-0.2, 0) is 33.4 Å². The first-order valence-electron chi connectivity index (χ1n) is 5.87. The molecule has 0 heterocycles. The van der Waals surface area contributed by atoms with Gasteiger partial charge in [-0.3, -0.25) is 9.59 Å². The van der Waals surface area contributed by atoms with Gasteiger partial charge in [-0.1, -0.05) is 0 Å². The number of carbonyl (C=O) groups excluding carboxylic acids is 4. The molecule has 0 aromatic carbocycles. The van der Waals surface area contributed by atoms with Crippen molar-refractivity contribution in [3.8, 4) is 0 Å². The van der Waals surface area contributed by atoms with Gasteiger partial charge in [0.05, 0.1) is 20.3 Å². The monoisotopic (exact) mass is 288 g/mol. The lowest BCUT2D eigenvalue weighted by atomic mass is 10.1. The second-order valence-electron chi connectivity index (χ2n) is 4.46. The summed E-state index contributed by atoms with van der Waals surface area (Å²) in [6.45, 7) is 1.29. The maximum Gasteiger partial charge on any atom is 0.417 e. The van der Waals surface area contributed by atoms with Crippen LogP contribution in [0.4, 0.5) is 0 Å². The average molecular weight is 288 g/mol. The zero-order valence-electron chi connectivity index (χ0n) is 11.3. The Hall–Kier alpha value is -1.96. The first kappa shape index (κ1) is 16.1. The largest absolute Gasteiger partial charge is 0.469 e. The van der Waals surface area contributed by atoms with Crippen LogP contribution in [0.1, 0.15) is 13.3 Å². The van der Waals surface area contributed by atoms with Gasteiger partial charge in [0.2, 0.25) is 0 Å². The summed E-state index contributed by atoms with van der Waals surface area (Å²) in [5, 5.41) is 9.82. The minimum absolute atomic E-state index is 0.176. The topological polar surface area (TPSA) is 116 Å². The summed E-state index contributed by atoms with van der Waals surface area (Å²) >= 11 is 0. The summed E-state index contributed by atoms with van der Waals surface area (Å²) in [5.74, 6) is -5.07. The van der Waals surface area contributed by atoms with Crippen LogP contribution in [-0.4, -0.2) is 55.2 Å². The minimum Gasteiger partial charge on any atom is -0.469 e. The number of carbonyl (C=O) groups is 4. The molecule has 1 aliphatic rings. The number of Topliss-reactive ketones (excluding diaryl/α,β-unsaturated/α-hetero) is 1. The quantitative estimate of drug-likeness (QED) is 0.382. The SMILES string of the molecule is COC(=O)C(=O)O[C@@H]1[C@@H](C(=O)OC)[C@@H]1[C@@H](O)CC(C)=O. The molecule has 1 rings (SSSR count). The van der Waals surface area contributed by atoms with Crippen molar-refractivity contribution < 1.29 is 38.5 Å². The first-order valence-corrected chi connectivity index (χ1v) is 5.87. The fourth-order valence-electron chi connectivity index (χ4n) is 2.03. The van der Waals surface area contributed by atoms with Gasteiger partial charge < -0.3 is 19.3 Å². The molecule has 8 nitrogen and oxygen atoms in total. The van der Waals surface area contributed by atoms with Gasteiger partial charge in [0, 0.05) is 12.3 Å². The molecule has 0 radical (unpaired) electrons. The summed E-state index contributed by atoms with van der Waals surface area (Å²) < 4.78 is 13.5. The van der Waals surface area contributed by atoms with Gasteiger partial charge in [-0.05, 0) is 6.92 Å². The van der Waals surface area contributed by atoms with Crippen molar-refractivity contribution in [2.75, 3.05) is 14.2 Å². The van der Waals surface area contributed by atoms with Crippen LogP contribution < -0.4 is 0 Å². The van der Waals surface area contributed by atoms with Gasteiger partial charge in [-0.15, -0.1) is 0 Å². The summed E-state index contributed by atoms with van der Waals surface area (Å²) in [6.07, 6.45) is -2.32. The number of rotatable bonds is 5. The molecular weight excluding hydrogens is 272 g/mol. The zero-order valence-corrected chi connectivity index (χ0v) is 11.3. The Kier molecular flexibility index (Phi) is 5.20. The van der Waals surface area contributed by atoms with E-state index in [1.54, 1.807) is 0 Å². The molecule has 20 heavy (non-hydrogen) atoms. The highest BCUT2D eigenvalue weighted by Crippen LogP contribution is 2.46. The third-order valence-electron chi connectivity index (χ3n) is 3.02. The van der Waals surface area contributed by atoms with E-state index >= 15 is 0 Å². The van der Waals surface area contributed by atoms with Crippen molar-refractivity contribution in [1.29, 1.82) is 0 Å². The molecule has 4 atom stereocenters. The van der Waals surface area contributed by atoms with E-state index in [2.05, 4.69) is 9.47 Å². The van der Waals surface area contributed by atoms with E-state index in [0.29, 0.717) is 0 Å². The maximum atomic E-state index is 11.5. The highest BCUT2D eigenvalue weighted by Gasteiger charge is 2.62. The van der Waals surface area contributed by atoms with E-state index in [-0.39, 0.29) is 12.2 Å². The molecule has 0 spiro atoms. The van der Waals surface area contributed by atoms with E-state index < -0.39 is 42.0 Å². The zero-order chi connectivity index (χ0) is 15.4. The lowest BCUT2D eigenvalue weighted by Gasteiger charge is -2.07. The van der Waals surface area contributed by atoms with Gasteiger partial charge in [0.15, 0.2) is 0 Å². The third-order valence-corrected chi connectivity index (χ3v) is 3.02. The molecule has 0 aliphatic heterocycles. The predicted molar refractivity (Wildman–Crippen MR) is 62.2 cm³/mol. The van der Waals surface area contributed by atoms with Crippen LogP contribution in [0, 0.1) is 11.8 Å². The molecule has 0 aromatic rings. The molecule has 1 fully saturated rings. The van der Waals surface area contributed by atoms with Gasteiger partial charge in [-0.2, -0.15) is 0 Å². The molecule has 1 aliphatic carbocycles. The van der Waals surface area contributed by atoms with Crippen LogP contribution in [0.2, 0.25) is 0 Å². The van der Waals surface area contributed by atoms with Crippen molar-refractivity contribution in [3.63, 3.8) is 0 Å². The van der Waals surface area contributed by atoms with E-state index in [9.17, 15) is 24.3 Å². The van der Waals surface area contributed by atoms with Crippen molar-refractivity contribution in [2.45, 2.75) is 25.6 Å². The van der Waals surface area contributed by atoms with Crippen LogP contribution in [0.15, 0.2) is 0 Å². The molecular formula is C12H16O8. The van der Waals surface area contributed by atoms with Crippen LogP contribution in [0.5, 0.6) is 0 Å². The van der Waals surface area contributed by atoms with Crippen molar-refractivity contribution >= 4 is 23.7 Å². The number of methoxy groups -OCH3 is 2. The second kappa shape index (κ2) is 6.47. The predicted octanol–water partition coefficient (Wildman–Crippen LogP) is -1.17. The van der Waals surface area contributed by atoms with Gasteiger partial charge in [0.1, 0.15) is 17.8 Å². The normalized spacial score (nSPS) is 25.3. The average Bonchev–Trinajstić information content (AvgIpc) is 3.09. The van der Waals surface area contributed by atoms with Crippen molar-refractivity contribution in [2.24, 2.45) is 11.8 Å². The number of ketones is 1. The Bertz CT molecular complexity index is 429. The summed E-state index contributed by atoms with van der Waals surface area (Å²) in [4.78, 5) is 44.7. The van der Waals surface area contributed by atoms with Crippen LogP contribution in [0.3, 0.4) is 0 Å². The Morgan fingerprint density at radius 1 is 1.10 bits per heavy atom. The molecule has 0 bridgehead atoms. The Labute approximate surface area is 115 Å². The molecule has 0 aromatic heterocycles. The molecule has 1 saturated carbocycles. The Morgan fingerprint density at radius 2 is 1.70 bits per heavy atom. The molecule has 1 N–H and O–H groups in total. The number of hydrogen-bond donors (Lipinski definition) is 1. The van der Waals surface area contributed by atoms with E-state index in [0.717, 1.165) is 14.2 Å². The van der Waals surface area contributed by atoms with Crippen molar-refractivity contribution in [3.05, 3.63) is 0 Å². The van der Waals surface area contributed by atoms with Crippen LogP contribution in [0.25, 0.3) is 0 Å². The molecule has 0 amide bonds. The molecule has 112 valence electrons. The van der Waals surface area contributed by atoms with E-state index in [1.807, 2.05) is 0 Å². The van der Waals surface area contributed by atoms with Gasteiger partial charge in [0.25, 0.3) is 0 Å². The summed E-state index contributed by atoms with van der Waals surface area (Å²) in [7, 11) is 2.16. The number of ether oxygens (including phenoxy) is 3. The summed E-state index contributed by atoms with van der Waals surface area (Å²) in [6, 6.07) is 0. The van der Waals surface area contributed by atoms with E-state index in [4.69, 9.17) is 4.74 Å². The maximum absolute atomic E-state index is 11.5. The van der Waals surface area contributed by atoms with Crippen molar-refractivity contribution in [1.82, 2.24) is 0 Å². The number of hydrogen-bond acceptors (Lipinski definition) is 8. The third kappa shape index (κ3) is 3.53. The number of aliphatic hydroxyl groups is 1. The highest BCUT2D eigenvalue weighted by atomic mass is 16.6. The molecule has 0 saturated heterocycles. The molecule has 8 heteroatoms. The Morgan fingerprint density at radius 3 is 2.15 bits per heavy atom. The van der Waals surface area contributed by atoms with Gasteiger partial charge in [-0.25, -0.2) is 9.59 Å². The van der Waals surface area contributed by atoms with E-state index in [1.165, 1.54) is 6.92 Å². The minimum atomic E-state index is -1.26. The summed E-state index contributed by atoms with van der Waals surface area (Å²) in [5.41, 5.74) is 0. The number of aliphatic hydroxyl groups excluding tert-OH is 1. The number of esters is 3. The second-order valence-corrected chi connectivity index (χ2v) is 4.46. The fourth-order valence-corrected chi connectivity index (χ4v) is 2.03. The highest BCUT2D eigenvalue weighted by molar-refractivity contribution is 6.29. The van der Waals surface area contributed by atoms with Crippen LogP contribution >= 0.6 is 0 Å². The molecule has 0 unspecified atom stereocenters.